The number of hydrogen-bond donors (Lipinski definition) is 1. The Morgan fingerprint density at radius 3 is 2.47 bits per heavy atom. The summed E-state index contributed by atoms with van der Waals surface area (Å²) < 4.78 is 7.09. The summed E-state index contributed by atoms with van der Waals surface area (Å²) in [5, 5.41) is 0. The van der Waals surface area contributed by atoms with Crippen molar-refractivity contribution in [3.63, 3.8) is 0 Å². The first-order chi connectivity index (χ1) is 9.08. The molecule has 0 aromatic heterocycles. The van der Waals surface area contributed by atoms with Gasteiger partial charge in [-0.2, -0.15) is 0 Å². The Morgan fingerprint density at radius 2 is 1.84 bits per heavy atom. The molecule has 0 amide bonds. The molecule has 0 aliphatic carbocycles. The van der Waals surface area contributed by atoms with Crippen molar-refractivity contribution < 1.29 is 4.74 Å². The summed E-state index contributed by atoms with van der Waals surface area (Å²) >= 11 is 3.56. The number of benzene rings is 2. The molecule has 2 aromatic rings. The molecule has 2 rings (SSSR count). The first kappa shape index (κ1) is 14.1. The monoisotopic (exact) mass is 319 g/mol. The topological polar surface area (TPSA) is 35.2 Å². The molecule has 0 heterocycles. The summed E-state index contributed by atoms with van der Waals surface area (Å²) in [6, 6.07) is 15.9. The highest BCUT2D eigenvalue weighted by molar-refractivity contribution is 9.10. The van der Waals surface area contributed by atoms with Gasteiger partial charge in [-0.1, -0.05) is 46.3 Å². The number of halogens is 1. The number of rotatable bonds is 4. The van der Waals surface area contributed by atoms with E-state index in [2.05, 4.69) is 15.9 Å². The number of aryl methyl sites for hydroxylation is 1. The minimum atomic E-state index is -0.169. The van der Waals surface area contributed by atoms with Crippen LogP contribution in [0.3, 0.4) is 0 Å². The molecule has 100 valence electrons. The van der Waals surface area contributed by atoms with E-state index in [4.69, 9.17) is 10.5 Å². The van der Waals surface area contributed by atoms with Crippen LogP contribution < -0.4 is 10.5 Å². The van der Waals surface area contributed by atoms with Crippen molar-refractivity contribution in [3.05, 3.63) is 64.1 Å². The van der Waals surface area contributed by atoms with Gasteiger partial charge in [-0.15, -0.1) is 0 Å². The van der Waals surface area contributed by atoms with Crippen molar-refractivity contribution in [3.8, 4) is 5.75 Å². The van der Waals surface area contributed by atoms with E-state index in [1.54, 1.807) is 0 Å². The lowest BCUT2D eigenvalue weighted by Gasteiger charge is -2.24. The summed E-state index contributed by atoms with van der Waals surface area (Å²) in [7, 11) is 0. The Kier molecular flexibility index (Phi) is 4.61. The fourth-order valence-electron chi connectivity index (χ4n) is 2.00. The highest BCUT2D eigenvalue weighted by Crippen LogP contribution is 2.29. The molecule has 2 N–H and O–H groups in total. The van der Waals surface area contributed by atoms with Crippen LogP contribution in [0.1, 0.15) is 24.2 Å². The lowest BCUT2D eigenvalue weighted by molar-refractivity contribution is 0.179. The first-order valence-electron chi connectivity index (χ1n) is 6.31. The van der Waals surface area contributed by atoms with Gasteiger partial charge in [-0.25, -0.2) is 0 Å². The summed E-state index contributed by atoms with van der Waals surface area (Å²) in [5.74, 6) is 0.845. The maximum atomic E-state index is 6.08. The Labute approximate surface area is 122 Å². The van der Waals surface area contributed by atoms with Gasteiger partial charge in [0.05, 0.1) is 0 Å². The van der Waals surface area contributed by atoms with Gasteiger partial charge in [0, 0.05) is 16.1 Å². The maximum Gasteiger partial charge on any atom is 0.140 e. The Balaban J connectivity index is 2.29. The Bertz CT molecular complexity index is 554. The predicted molar refractivity (Wildman–Crippen MR) is 82.3 cm³/mol. The van der Waals surface area contributed by atoms with Gasteiger partial charge in [0.25, 0.3) is 0 Å². The van der Waals surface area contributed by atoms with Crippen molar-refractivity contribution >= 4 is 15.9 Å². The van der Waals surface area contributed by atoms with Crippen LogP contribution in [-0.4, -0.2) is 6.04 Å². The van der Waals surface area contributed by atoms with E-state index < -0.39 is 0 Å². The van der Waals surface area contributed by atoms with Crippen LogP contribution in [0.5, 0.6) is 5.75 Å². The predicted octanol–water partition coefficient (Wildman–Crippen LogP) is 4.22. The van der Waals surface area contributed by atoms with Crippen LogP contribution >= 0.6 is 15.9 Å². The van der Waals surface area contributed by atoms with Crippen molar-refractivity contribution in [1.29, 1.82) is 0 Å². The SMILES string of the molecule is Cc1cccc(OC(c2ccccc2Br)C(C)N)c1. The van der Waals surface area contributed by atoms with E-state index in [1.807, 2.05) is 62.4 Å². The molecule has 0 aliphatic rings. The third-order valence-corrected chi connectivity index (χ3v) is 3.66. The van der Waals surface area contributed by atoms with Gasteiger partial charge in [0.15, 0.2) is 0 Å². The molecule has 0 bridgehead atoms. The zero-order valence-corrected chi connectivity index (χ0v) is 12.7. The van der Waals surface area contributed by atoms with Crippen molar-refractivity contribution in [2.24, 2.45) is 5.73 Å². The molecule has 0 fully saturated rings. The first-order valence-corrected chi connectivity index (χ1v) is 7.10. The largest absolute Gasteiger partial charge is 0.484 e. The van der Waals surface area contributed by atoms with Crippen LogP contribution in [0.25, 0.3) is 0 Å². The summed E-state index contributed by atoms with van der Waals surface area (Å²) in [5.41, 5.74) is 8.32. The van der Waals surface area contributed by atoms with Gasteiger partial charge in [-0.3, -0.25) is 0 Å². The summed E-state index contributed by atoms with van der Waals surface area (Å²) in [6.45, 7) is 4.01. The average Bonchev–Trinajstić information content (AvgIpc) is 2.37. The molecule has 0 aliphatic heterocycles. The van der Waals surface area contributed by atoms with E-state index in [-0.39, 0.29) is 12.1 Å². The van der Waals surface area contributed by atoms with Crippen molar-refractivity contribution in [1.82, 2.24) is 0 Å². The van der Waals surface area contributed by atoms with Crippen LogP contribution in [0, 0.1) is 6.92 Å². The molecule has 0 radical (unpaired) electrons. The summed E-state index contributed by atoms with van der Waals surface area (Å²) in [6.07, 6.45) is -0.169. The fraction of sp³-hybridized carbons (Fsp3) is 0.250. The fourth-order valence-corrected chi connectivity index (χ4v) is 2.51. The zero-order chi connectivity index (χ0) is 13.8. The molecular weight excluding hydrogens is 302 g/mol. The third-order valence-electron chi connectivity index (χ3n) is 2.94. The van der Waals surface area contributed by atoms with E-state index in [0.29, 0.717) is 0 Å². The lowest BCUT2D eigenvalue weighted by atomic mass is 10.0. The highest BCUT2D eigenvalue weighted by atomic mass is 79.9. The van der Waals surface area contributed by atoms with E-state index in [0.717, 1.165) is 15.8 Å². The van der Waals surface area contributed by atoms with Gasteiger partial charge in [-0.05, 0) is 37.6 Å². The second-order valence-corrected chi connectivity index (χ2v) is 5.59. The standard InChI is InChI=1S/C16H18BrNO/c1-11-6-5-7-13(10-11)19-16(12(2)18)14-8-3-4-9-15(14)17/h3-10,12,16H,18H2,1-2H3. The molecule has 3 heteroatoms. The molecule has 19 heavy (non-hydrogen) atoms. The molecule has 2 nitrogen and oxygen atoms in total. The maximum absolute atomic E-state index is 6.08. The molecule has 2 aromatic carbocycles. The second-order valence-electron chi connectivity index (χ2n) is 4.74. The van der Waals surface area contributed by atoms with E-state index >= 15 is 0 Å². The Morgan fingerprint density at radius 1 is 1.11 bits per heavy atom. The smallest absolute Gasteiger partial charge is 0.140 e. The zero-order valence-electron chi connectivity index (χ0n) is 11.1. The molecule has 2 unspecified atom stereocenters. The molecule has 0 spiro atoms. The van der Waals surface area contributed by atoms with Crippen molar-refractivity contribution in [2.75, 3.05) is 0 Å². The minimum Gasteiger partial charge on any atom is -0.484 e. The van der Waals surface area contributed by atoms with Crippen LogP contribution in [0.15, 0.2) is 53.0 Å². The average molecular weight is 320 g/mol. The number of ether oxygens (including phenoxy) is 1. The van der Waals surface area contributed by atoms with Crippen LogP contribution in [0.2, 0.25) is 0 Å². The molecular formula is C16H18BrNO. The molecule has 0 saturated heterocycles. The third kappa shape index (κ3) is 3.58. The van der Waals surface area contributed by atoms with Gasteiger partial charge >= 0.3 is 0 Å². The number of hydrogen-bond acceptors (Lipinski definition) is 2. The second kappa shape index (κ2) is 6.22. The van der Waals surface area contributed by atoms with Crippen molar-refractivity contribution in [2.45, 2.75) is 26.0 Å². The summed E-state index contributed by atoms with van der Waals surface area (Å²) in [4.78, 5) is 0. The van der Waals surface area contributed by atoms with E-state index in [1.165, 1.54) is 5.56 Å². The van der Waals surface area contributed by atoms with Gasteiger partial charge < -0.3 is 10.5 Å². The lowest BCUT2D eigenvalue weighted by Crippen LogP contribution is -2.29. The van der Waals surface area contributed by atoms with E-state index in [9.17, 15) is 0 Å². The normalized spacial score (nSPS) is 13.9. The van der Waals surface area contributed by atoms with Crippen LogP contribution in [0.4, 0.5) is 0 Å². The Hall–Kier alpha value is -1.32. The quantitative estimate of drug-likeness (QED) is 0.915. The number of nitrogens with two attached hydrogens (primary N) is 1. The van der Waals surface area contributed by atoms with Gasteiger partial charge in [0.2, 0.25) is 0 Å². The van der Waals surface area contributed by atoms with Gasteiger partial charge in [0.1, 0.15) is 11.9 Å². The molecule has 2 atom stereocenters. The highest BCUT2D eigenvalue weighted by Gasteiger charge is 2.20. The minimum absolute atomic E-state index is 0.0980. The van der Waals surface area contributed by atoms with Crippen LogP contribution in [-0.2, 0) is 0 Å². The molecule has 0 saturated carbocycles.